The van der Waals surface area contributed by atoms with Crippen molar-refractivity contribution in [3.8, 4) is 0 Å². The van der Waals surface area contributed by atoms with Crippen LogP contribution < -0.4 is 4.90 Å². The van der Waals surface area contributed by atoms with Crippen molar-refractivity contribution in [2.45, 2.75) is 27.7 Å². The molecule has 0 spiro atoms. The summed E-state index contributed by atoms with van der Waals surface area (Å²) < 4.78 is 2.36. The van der Waals surface area contributed by atoms with Gasteiger partial charge in [0.05, 0.1) is 0 Å². The van der Waals surface area contributed by atoms with E-state index in [1.54, 1.807) is 0 Å². The molecule has 0 amide bonds. The molecule has 0 saturated carbocycles. The van der Waals surface area contributed by atoms with Crippen molar-refractivity contribution in [2.24, 2.45) is 0 Å². The molecule has 1 aliphatic carbocycles. The molecule has 0 bridgehead atoms. The molecule has 0 aromatic heterocycles. The molecule has 2 nitrogen and oxygen atoms in total. The third-order valence-corrected chi connectivity index (χ3v) is 4.84. The molecule has 0 N–H and O–H groups in total. The van der Waals surface area contributed by atoms with Gasteiger partial charge in [0, 0.05) is 30.9 Å². The van der Waals surface area contributed by atoms with Crippen LogP contribution in [-0.2, 0) is 0 Å². The lowest BCUT2D eigenvalue weighted by atomic mass is 10.1. The van der Waals surface area contributed by atoms with E-state index in [2.05, 4.69) is 116 Å². The zero-order chi connectivity index (χ0) is 19.5. The Morgan fingerprint density at radius 2 is 1.41 bits per heavy atom. The molecule has 142 valence electrons. The van der Waals surface area contributed by atoms with Crippen molar-refractivity contribution in [3.05, 3.63) is 84.0 Å². The molecule has 0 aliphatic heterocycles. The fraction of sp³-hybridized carbons (Fsp3) is 0.320. The first-order valence-corrected chi connectivity index (χ1v) is 10.1. The van der Waals surface area contributed by atoms with Crippen LogP contribution in [-0.4, -0.2) is 36.5 Å². The molecule has 0 heterocycles. The molecule has 0 fully saturated rings. The normalized spacial score (nSPS) is 13.8. The molecular weight excluding hydrogens is 328 g/mol. The highest BCUT2D eigenvalue weighted by Gasteiger charge is 2.07. The predicted octanol–water partition coefficient (Wildman–Crippen LogP) is 5.65. The minimum atomic E-state index is 1.04. The fourth-order valence-corrected chi connectivity index (χ4v) is 3.17. The minimum absolute atomic E-state index is 1.04. The molecule has 0 saturated heterocycles. The molecule has 2 heteroatoms. The Morgan fingerprint density at radius 3 is 1.96 bits per heavy atom. The van der Waals surface area contributed by atoms with Crippen LogP contribution in [0.2, 0.25) is 0 Å². The van der Waals surface area contributed by atoms with Crippen LogP contribution >= 0.6 is 0 Å². The van der Waals surface area contributed by atoms with Gasteiger partial charge in [0.1, 0.15) is 13.1 Å². The molecular formula is C25H33N2+. The lowest BCUT2D eigenvalue weighted by Gasteiger charge is -2.20. The Kier molecular flexibility index (Phi) is 8.57. The number of hydrogen-bond donors (Lipinski definition) is 0. The zero-order valence-corrected chi connectivity index (χ0v) is 17.2. The second-order valence-corrected chi connectivity index (χ2v) is 6.44. The van der Waals surface area contributed by atoms with Gasteiger partial charge in [-0.3, -0.25) is 0 Å². The van der Waals surface area contributed by atoms with E-state index in [1.807, 2.05) is 0 Å². The summed E-state index contributed by atoms with van der Waals surface area (Å²) in [5, 5.41) is 0. The van der Waals surface area contributed by atoms with E-state index < -0.39 is 0 Å². The van der Waals surface area contributed by atoms with E-state index in [0.717, 1.165) is 26.2 Å². The smallest absolute Gasteiger partial charge is 0.199 e. The van der Waals surface area contributed by atoms with Gasteiger partial charge in [-0.25, -0.2) is 4.58 Å². The zero-order valence-electron chi connectivity index (χ0n) is 17.2. The van der Waals surface area contributed by atoms with Crippen molar-refractivity contribution in [1.82, 2.24) is 0 Å². The highest BCUT2D eigenvalue weighted by molar-refractivity contribution is 6.02. The van der Waals surface area contributed by atoms with E-state index in [-0.39, 0.29) is 0 Å². The van der Waals surface area contributed by atoms with Gasteiger partial charge < -0.3 is 4.90 Å². The summed E-state index contributed by atoms with van der Waals surface area (Å²) in [7, 11) is 0. The van der Waals surface area contributed by atoms with Gasteiger partial charge >= 0.3 is 0 Å². The van der Waals surface area contributed by atoms with E-state index >= 15 is 0 Å². The summed E-state index contributed by atoms with van der Waals surface area (Å²) in [6, 6.07) is 8.74. The average molecular weight is 362 g/mol. The van der Waals surface area contributed by atoms with Gasteiger partial charge in [-0.2, -0.15) is 0 Å². The molecule has 27 heavy (non-hydrogen) atoms. The Balaban J connectivity index is 1.93. The molecule has 2 rings (SSSR count). The summed E-state index contributed by atoms with van der Waals surface area (Å²) in [6.45, 7) is 12.9. The monoisotopic (exact) mass is 361 g/mol. The van der Waals surface area contributed by atoms with Crippen LogP contribution in [0.1, 0.15) is 33.3 Å². The summed E-state index contributed by atoms with van der Waals surface area (Å²) >= 11 is 0. The lowest BCUT2D eigenvalue weighted by Crippen LogP contribution is -2.21. The first kappa shape index (κ1) is 20.7. The molecule has 0 atom stereocenters. The summed E-state index contributed by atoms with van der Waals surface area (Å²) in [5.74, 6) is 0. The Labute approximate surface area is 165 Å². The Hall–Kier alpha value is -2.61. The van der Waals surface area contributed by atoms with Gasteiger partial charge in [0.2, 0.25) is 0 Å². The van der Waals surface area contributed by atoms with E-state index in [4.69, 9.17) is 0 Å². The number of allylic oxidation sites excluding steroid dienone is 9. The molecule has 1 aromatic carbocycles. The third kappa shape index (κ3) is 6.25. The number of hydrogen-bond acceptors (Lipinski definition) is 1. The van der Waals surface area contributed by atoms with Gasteiger partial charge in [0.15, 0.2) is 5.71 Å². The van der Waals surface area contributed by atoms with Crippen LogP contribution in [0.4, 0.5) is 5.69 Å². The van der Waals surface area contributed by atoms with Crippen LogP contribution in [0.25, 0.3) is 6.08 Å². The first-order valence-electron chi connectivity index (χ1n) is 10.1. The second-order valence-electron chi connectivity index (χ2n) is 6.44. The van der Waals surface area contributed by atoms with Gasteiger partial charge in [-0.1, -0.05) is 42.5 Å². The van der Waals surface area contributed by atoms with Gasteiger partial charge in [-0.05, 0) is 63.1 Å². The topological polar surface area (TPSA) is 6.25 Å². The van der Waals surface area contributed by atoms with Crippen molar-refractivity contribution in [3.63, 3.8) is 0 Å². The predicted molar refractivity (Wildman–Crippen MR) is 121 cm³/mol. The molecule has 0 radical (unpaired) electrons. The maximum absolute atomic E-state index is 2.36. The summed E-state index contributed by atoms with van der Waals surface area (Å²) in [6.07, 6.45) is 19.3. The number of nitrogens with zero attached hydrogens (tertiary/aromatic N) is 2. The van der Waals surface area contributed by atoms with Crippen molar-refractivity contribution in [2.75, 3.05) is 31.1 Å². The van der Waals surface area contributed by atoms with Crippen LogP contribution in [0.3, 0.4) is 0 Å². The van der Waals surface area contributed by atoms with Crippen molar-refractivity contribution in [1.29, 1.82) is 0 Å². The van der Waals surface area contributed by atoms with Crippen LogP contribution in [0, 0.1) is 0 Å². The number of benzene rings is 1. The minimum Gasteiger partial charge on any atom is -0.372 e. The average Bonchev–Trinajstić information content (AvgIpc) is 2.72. The highest BCUT2D eigenvalue weighted by Crippen LogP contribution is 2.15. The summed E-state index contributed by atoms with van der Waals surface area (Å²) in [5.41, 5.74) is 5.02. The van der Waals surface area contributed by atoms with Crippen LogP contribution in [0.15, 0.2) is 78.4 Å². The maximum Gasteiger partial charge on any atom is 0.199 e. The van der Waals surface area contributed by atoms with Crippen molar-refractivity contribution >= 4 is 17.5 Å². The fourth-order valence-electron chi connectivity index (χ4n) is 3.17. The molecule has 1 aliphatic rings. The quantitative estimate of drug-likeness (QED) is 0.428. The first-order chi connectivity index (χ1) is 13.2. The van der Waals surface area contributed by atoms with Crippen molar-refractivity contribution < 1.29 is 4.58 Å². The van der Waals surface area contributed by atoms with E-state index in [1.165, 1.54) is 22.5 Å². The second kappa shape index (κ2) is 11.2. The molecule has 0 unspecified atom stereocenters. The maximum atomic E-state index is 2.36. The van der Waals surface area contributed by atoms with Gasteiger partial charge in [0.25, 0.3) is 0 Å². The number of anilines is 1. The standard InChI is InChI=1S/C25H33N2/c1-5-26(6-2)24-18-14-22(15-19-24)12-10-9-11-13-23-16-20-25(21-17-23)27(7-3)8-4/h9-21H,5-8H2,1-4H3/q+1. The van der Waals surface area contributed by atoms with Crippen LogP contribution in [0.5, 0.6) is 0 Å². The Bertz CT molecular complexity index is 743. The lowest BCUT2D eigenvalue weighted by molar-refractivity contribution is -0.519. The number of rotatable bonds is 8. The largest absolute Gasteiger partial charge is 0.372 e. The third-order valence-electron chi connectivity index (χ3n) is 4.84. The highest BCUT2D eigenvalue weighted by atomic mass is 15.1. The Morgan fingerprint density at radius 1 is 0.778 bits per heavy atom. The van der Waals surface area contributed by atoms with E-state index in [0.29, 0.717) is 0 Å². The van der Waals surface area contributed by atoms with E-state index in [9.17, 15) is 0 Å². The SMILES string of the molecule is CCN(CC)c1ccc(C=CC=CC=C2C=CC(=[N+](CC)CC)C=C2)cc1. The molecule has 1 aromatic rings. The summed E-state index contributed by atoms with van der Waals surface area (Å²) in [4.78, 5) is 2.36. The van der Waals surface area contributed by atoms with Gasteiger partial charge in [-0.15, -0.1) is 0 Å².